The Morgan fingerprint density at radius 2 is 1.85 bits per heavy atom. The van der Waals surface area contributed by atoms with E-state index in [1.165, 1.54) is 6.26 Å². The molecule has 106 valence electrons. The molecule has 0 spiro atoms. The van der Waals surface area contributed by atoms with Gasteiger partial charge >= 0.3 is 0 Å². The van der Waals surface area contributed by atoms with Crippen LogP contribution in [-0.4, -0.2) is 20.0 Å². The lowest BCUT2D eigenvalue weighted by Gasteiger charge is -2.06. The van der Waals surface area contributed by atoms with Crippen molar-refractivity contribution in [1.29, 1.82) is 0 Å². The average Bonchev–Trinajstić information content (AvgIpc) is 2.85. The number of benzene rings is 1. The molecule has 0 radical (unpaired) electrons. The van der Waals surface area contributed by atoms with Gasteiger partial charge in [-0.15, -0.1) is 0 Å². The van der Waals surface area contributed by atoms with Crippen LogP contribution in [0.1, 0.15) is 28.6 Å². The molecule has 0 saturated carbocycles. The molecule has 0 aliphatic rings. The zero-order valence-corrected chi connectivity index (χ0v) is 12.0. The first-order valence-electron chi connectivity index (χ1n) is 6.11. The van der Waals surface area contributed by atoms with Crippen LogP contribution in [0.5, 0.6) is 0 Å². The van der Waals surface area contributed by atoms with E-state index in [-0.39, 0.29) is 11.5 Å². The summed E-state index contributed by atoms with van der Waals surface area (Å²) in [7, 11) is -3.30. The molecule has 0 fully saturated rings. The second kappa shape index (κ2) is 5.50. The zero-order chi connectivity index (χ0) is 14.8. The lowest BCUT2D eigenvalue weighted by Crippen LogP contribution is -2.14. The monoisotopic (exact) mass is 293 g/mol. The van der Waals surface area contributed by atoms with Crippen LogP contribution >= 0.6 is 0 Å². The largest absolute Gasteiger partial charge is 0.469 e. The molecule has 0 atom stereocenters. The van der Waals surface area contributed by atoms with Gasteiger partial charge in [0.1, 0.15) is 12.0 Å². The van der Waals surface area contributed by atoms with Gasteiger partial charge in [0.2, 0.25) is 10.0 Å². The highest BCUT2D eigenvalue weighted by Crippen LogP contribution is 2.16. The number of furan rings is 1. The Bertz CT molecular complexity index is 714. The summed E-state index contributed by atoms with van der Waals surface area (Å²) in [6, 6.07) is 7.95. The normalized spacial score (nSPS) is 11.3. The van der Waals surface area contributed by atoms with Crippen molar-refractivity contribution in [2.75, 3.05) is 10.5 Å². The van der Waals surface area contributed by atoms with Crippen LogP contribution in [0.4, 0.5) is 5.69 Å². The van der Waals surface area contributed by atoms with Crippen LogP contribution in [-0.2, 0) is 10.0 Å². The molecule has 0 bridgehead atoms. The average molecular weight is 293 g/mol. The van der Waals surface area contributed by atoms with E-state index in [2.05, 4.69) is 4.72 Å². The third kappa shape index (κ3) is 3.27. The van der Waals surface area contributed by atoms with Crippen LogP contribution in [0.25, 0.3) is 0 Å². The van der Waals surface area contributed by atoms with Gasteiger partial charge in [0.25, 0.3) is 0 Å². The third-order valence-corrected chi connectivity index (χ3v) is 4.10. The highest BCUT2D eigenvalue weighted by Gasteiger charge is 2.12. The molecular formula is C14H15NO4S. The number of carbonyl (C=O) groups excluding carboxylic acids is 1. The maximum absolute atomic E-state index is 12.1. The first kappa shape index (κ1) is 14.3. The topological polar surface area (TPSA) is 76.4 Å². The number of rotatable bonds is 5. The molecule has 0 amide bonds. The number of aryl methyl sites for hydroxylation is 1. The van der Waals surface area contributed by atoms with Crippen molar-refractivity contribution in [3.8, 4) is 0 Å². The Kier molecular flexibility index (Phi) is 3.94. The molecule has 2 rings (SSSR count). The third-order valence-electron chi connectivity index (χ3n) is 2.79. The summed E-state index contributed by atoms with van der Waals surface area (Å²) in [6.45, 7) is 3.32. The van der Waals surface area contributed by atoms with Crippen molar-refractivity contribution in [2.45, 2.75) is 13.8 Å². The van der Waals surface area contributed by atoms with E-state index in [0.717, 1.165) is 0 Å². The standard InChI is InChI=1S/C14H15NO4S/c1-3-20(17,18)15-13-6-4-11(5-7-13)14(16)12-8-10(2)19-9-12/h4-9,15H,3H2,1-2H3. The highest BCUT2D eigenvalue weighted by atomic mass is 32.2. The molecule has 6 heteroatoms. The quantitative estimate of drug-likeness (QED) is 0.860. The molecule has 2 aromatic rings. The summed E-state index contributed by atoms with van der Waals surface area (Å²) < 4.78 is 30.4. The van der Waals surface area contributed by atoms with Crippen molar-refractivity contribution >= 4 is 21.5 Å². The van der Waals surface area contributed by atoms with Gasteiger partial charge in [0.15, 0.2) is 5.78 Å². The second-order valence-electron chi connectivity index (χ2n) is 4.36. The maximum Gasteiger partial charge on any atom is 0.232 e. The van der Waals surface area contributed by atoms with Gasteiger partial charge in [-0.3, -0.25) is 9.52 Å². The Balaban J connectivity index is 2.18. The Morgan fingerprint density at radius 1 is 1.20 bits per heavy atom. The number of hydrogen-bond acceptors (Lipinski definition) is 4. The van der Waals surface area contributed by atoms with E-state index >= 15 is 0 Å². The second-order valence-corrected chi connectivity index (χ2v) is 6.37. The molecule has 20 heavy (non-hydrogen) atoms. The fraction of sp³-hybridized carbons (Fsp3) is 0.214. The van der Waals surface area contributed by atoms with Crippen LogP contribution in [0.15, 0.2) is 41.0 Å². The minimum Gasteiger partial charge on any atom is -0.469 e. The van der Waals surface area contributed by atoms with Crippen molar-refractivity contribution < 1.29 is 17.6 Å². The van der Waals surface area contributed by atoms with Crippen molar-refractivity contribution in [3.63, 3.8) is 0 Å². The van der Waals surface area contributed by atoms with Crippen LogP contribution in [0, 0.1) is 6.92 Å². The molecule has 0 aliphatic heterocycles. The minimum absolute atomic E-state index is 0.00196. The number of nitrogens with one attached hydrogen (secondary N) is 1. The molecule has 0 saturated heterocycles. The van der Waals surface area contributed by atoms with Gasteiger partial charge in [0, 0.05) is 11.3 Å². The fourth-order valence-corrected chi connectivity index (χ4v) is 2.31. The maximum atomic E-state index is 12.1. The summed E-state index contributed by atoms with van der Waals surface area (Å²) in [5.41, 5.74) is 1.39. The molecule has 1 aromatic heterocycles. The Hall–Kier alpha value is -2.08. The highest BCUT2D eigenvalue weighted by molar-refractivity contribution is 7.92. The fourth-order valence-electron chi connectivity index (χ4n) is 1.67. The van der Waals surface area contributed by atoms with Crippen molar-refractivity contribution in [3.05, 3.63) is 53.5 Å². The smallest absolute Gasteiger partial charge is 0.232 e. The van der Waals surface area contributed by atoms with Crippen LogP contribution < -0.4 is 4.72 Å². The summed E-state index contributed by atoms with van der Waals surface area (Å²) in [5.74, 6) is 0.509. The van der Waals surface area contributed by atoms with Gasteiger partial charge in [0.05, 0.1) is 11.3 Å². The summed E-state index contributed by atoms with van der Waals surface area (Å²) in [6.07, 6.45) is 1.41. The lowest BCUT2D eigenvalue weighted by molar-refractivity contribution is 0.103. The molecule has 1 aromatic carbocycles. The van der Waals surface area contributed by atoms with Gasteiger partial charge in [-0.2, -0.15) is 0 Å². The Labute approximate surface area is 117 Å². The van der Waals surface area contributed by atoms with E-state index < -0.39 is 10.0 Å². The molecule has 5 nitrogen and oxygen atoms in total. The van der Waals surface area contributed by atoms with Crippen LogP contribution in [0.2, 0.25) is 0 Å². The van der Waals surface area contributed by atoms with Gasteiger partial charge in [-0.25, -0.2) is 8.42 Å². The molecule has 0 unspecified atom stereocenters. The van der Waals surface area contributed by atoms with Crippen LogP contribution in [0.3, 0.4) is 0 Å². The first-order chi connectivity index (χ1) is 9.41. The van der Waals surface area contributed by atoms with Crippen molar-refractivity contribution in [2.24, 2.45) is 0 Å². The number of ketones is 1. The predicted octanol–water partition coefficient (Wildman–Crippen LogP) is 2.58. The number of carbonyl (C=O) groups is 1. The predicted molar refractivity (Wildman–Crippen MR) is 76.4 cm³/mol. The lowest BCUT2D eigenvalue weighted by atomic mass is 10.1. The Morgan fingerprint density at radius 3 is 2.35 bits per heavy atom. The zero-order valence-electron chi connectivity index (χ0n) is 11.2. The number of sulfonamides is 1. The molecular weight excluding hydrogens is 278 g/mol. The molecule has 1 heterocycles. The van der Waals surface area contributed by atoms with E-state index in [1.807, 2.05) is 0 Å². The molecule has 0 aliphatic carbocycles. The summed E-state index contributed by atoms with van der Waals surface area (Å²) in [4.78, 5) is 12.1. The molecule has 1 N–H and O–H groups in total. The van der Waals surface area contributed by atoms with E-state index in [9.17, 15) is 13.2 Å². The van der Waals surface area contributed by atoms with Gasteiger partial charge in [-0.05, 0) is 44.2 Å². The number of hydrogen-bond donors (Lipinski definition) is 1. The van der Waals surface area contributed by atoms with Gasteiger partial charge < -0.3 is 4.42 Å². The summed E-state index contributed by atoms with van der Waals surface area (Å²) >= 11 is 0. The van der Waals surface area contributed by atoms with E-state index in [0.29, 0.717) is 22.6 Å². The summed E-state index contributed by atoms with van der Waals surface area (Å²) in [5, 5.41) is 0. The number of anilines is 1. The SMILES string of the molecule is CCS(=O)(=O)Nc1ccc(C(=O)c2coc(C)c2)cc1. The van der Waals surface area contributed by atoms with Crippen molar-refractivity contribution in [1.82, 2.24) is 0 Å². The van der Waals surface area contributed by atoms with E-state index in [4.69, 9.17) is 4.42 Å². The minimum atomic E-state index is -3.30. The van der Waals surface area contributed by atoms with E-state index in [1.54, 1.807) is 44.2 Å². The van der Waals surface area contributed by atoms with Gasteiger partial charge in [-0.1, -0.05) is 0 Å². The first-order valence-corrected chi connectivity index (χ1v) is 7.77.